The predicted molar refractivity (Wildman–Crippen MR) is 125 cm³/mol. The molecule has 0 bridgehead atoms. The SMILES string of the molecule is Cc1c(Cl)cccc1NC(=O)N1CCc2c(sc3c2CCCC3)[C@H]1c1ccccc1. The second-order valence-electron chi connectivity index (χ2n) is 8.15. The highest BCUT2D eigenvalue weighted by Crippen LogP contribution is 2.45. The molecule has 1 aromatic heterocycles. The molecule has 1 atom stereocenters. The first-order valence-electron chi connectivity index (χ1n) is 10.6. The third-order valence-corrected chi connectivity index (χ3v) is 8.16. The Kier molecular flexibility index (Phi) is 5.30. The lowest BCUT2D eigenvalue weighted by Gasteiger charge is -2.36. The van der Waals surface area contributed by atoms with Crippen molar-refractivity contribution in [3.8, 4) is 0 Å². The molecule has 3 nitrogen and oxygen atoms in total. The number of fused-ring (bicyclic) bond motifs is 3. The minimum Gasteiger partial charge on any atom is -0.312 e. The van der Waals surface area contributed by atoms with Gasteiger partial charge in [-0.2, -0.15) is 0 Å². The molecule has 5 heteroatoms. The fourth-order valence-corrected chi connectivity index (χ4v) is 6.52. The maximum absolute atomic E-state index is 13.4. The number of hydrogen-bond donors (Lipinski definition) is 1. The molecule has 5 rings (SSSR count). The molecule has 1 aliphatic carbocycles. The molecule has 154 valence electrons. The van der Waals surface area contributed by atoms with Crippen molar-refractivity contribution < 1.29 is 4.79 Å². The van der Waals surface area contributed by atoms with Gasteiger partial charge in [-0.05, 0) is 73.4 Å². The Hall–Kier alpha value is -2.30. The quantitative estimate of drug-likeness (QED) is 0.472. The first kappa shape index (κ1) is 19.7. The first-order chi connectivity index (χ1) is 14.6. The molecule has 0 unspecified atom stereocenters. The average molecular weight is 437 g/mol. The van der Waals surface area contributed by atoms with Gasteiger partial charge < -0.3 is 10.2 Å². The second-order valence-corrected chi connectivity index (χ2v) is 9.70. The maximum atomic E-state index is 13.4. The van der Waals surface area contributed by atoms with E-state index in [1.54, 1.807) is 10.4 Å². The maximum Gasteiger partial charge on any atom is 0.322 e. The van der Waals surface area contributed by atoms with Crippen LogP contribution in [0.3, 0.4) is 0 Å². The number of nitrogens with one attached hydrogen (secondary N) is 1. The van der Waals surface area contributed by atoms with E-state index in [-0.39, 0.29) is 12.1 Å². The van der Waals surface area contributed by atoms with Crippen molar-refractivity contribution in [2.24, 2.45) is 0 Å². The number of thiophene rings is 1. The van der Waals surface area contributed by atoms with Crippen LogP contribution in [0.2, 0.25) is 5.02 Å². The van der Waals surface area contributed by atoms with Gasteiger partial charge in [0, 0.05) is 27.0 Å². The van der Waals surface area contributed by atoms with Gasteiger partial charge in [-0.25, -0.2) is 4.79 Å². The van der Waals surface area contributed by atoms with Crippen LogP contribution >= 0.6 is 22.9 Å². The molecule has 1 aliphatic heterocycles. The Labute approximate surface area is 186 Å². The molecule has 3 aromatic rings. The average Bonchev–Trinajstić information content (AvgIpc) is 3.15. The molecule has 0 saturated heterocycles. The van der Waals surface area contributed by atoms with Gasteiger partial charge in [0.15, 0.2) is 0 Å². The van der Waals surface area contributed by atoms with Crippen LogP contribution < -0.4 is 5.32 Å². The number of halogens is 1. The number of carbonyl (C=O) groups is 1. The lowest BCUT2D eigenvalue weighted by atomic mass is 9.88. The van der Waals surface area contributed by atoms with Gasteiger partial charge in [-0.1, -0.05) is 48.0 Å². The number of urea groups is 1. The molecule has 2 aliphatic rings. The fourth-order valence-electron chi connectivity index (χ4n) is 4.77. The monoisotopic (exact) mass is 436 g/mol. The van der Waals surface area contributed by atoms with Crippen LogP contribution in [0, 0.1) is 6.92 Å². The van der Waals surface area contributed by atoms with E-state index in [0.29, 0.717) is 5.02 Å². The highest BCUT2D eigenvalue weighted by molar-refractivity contribution is 7.12. The van der Waals surface area contributed by atoms with Gasteiger partial charge in [0.05, 0.1) is 6.04 Å². The van der Waals surface area contributed by atoms with Crippen LogP contribution in [0.5, 0.6) is 0 Å². The highest BCUT2D eigenvalue weighted by atomic mass is 35.5. The molecular formula is C25H25ClN2OS. The van der Waals surface area contributed by atoms with Crippen molar-refractivity contribution in [1.82, 2.24) is 4.90 Å². The summed E-state index contributed by atoms with van der Waals surface area (Å²) in [5.41, 5.74) is 5.93. The number of amides is 2. The minimum absolute atomic E-state index is 0.0370. The lowest BCUT2D eigenvalue weighted by Crippen LogP contribution is -2.42. The van der Waals surface area contributed by atoms with E-state index < -0.39 is 0 Å². The van der Waals surface area contributed by atoms with E-state index in [2.05, 4.69) is 29.6 Å². The largest absolute Gasteiger partial charge is 0.322 e. The van der Waals surface area contributed by atoms with Crippen molar-refractivity contribution in [2.75, 3.05) is 11.9 Å². The highest BCUT2D eigenvalue weighted by Gasteiger charge is 2.36. The Bertz CT molecular complexity index is 1090. The Morgan fingerprint density at radius 2 is 1.83 bits per heavy atom. The van der Waals surface area contributed by atoms with Crippen molar-refractivity contribution in [3.63, 3.8) is 0 Å². The lowest BCUT2D eigenvalue weighted by molar-refractivity contribution is 0.195. The summed E-state index contributed by atoms with van der Waals surface area (Å²) >= 11 is 8.20. The van der Waals surface area contributed by atoms with Crippen molar-refractivity contribution >= 4 is 34.7 Å². The summed E-state index contributed by atoms with van der Waals surface area (Å²) in [5.74, 6) is 0. The van der Waals surface area contributed by atoms with Crippen LogP contribution in [0.4, 0.5) is 10.5 Å². The van der Waals surface area contributed by atoms with Crippen molar-refractivity contribution in [1.29, 1.82) is 0 Å². The molecule has 2 aromatic carbocycles. The number of hydrogen-bond acceptors (Lipinski definition) is 2. The third-order valence-electron chi connectivity index (χ3n) is 6.36. The summed E-state index contributed by atoms with van der Waals surface area (Å²) in [6.45, 7) is 2.66. The van der Waals surface area contributed by atoms with E-state index >= 15 is 0 Å². The van der Waals surface area contributed by atoms with Crippen molar-refractivity contribution in [3.05, 3.63) is 85.6 Å². The molecule has 2 amide bonds. The number of carbonyl (C=O) groups excluding carboxylic acids is 1. The van der Waals surface area contributed by atoms with Crippen LogP contribution in [-0.4, -0.2) is 17.5 Å². The van der Waals surface area contributed by atoms with E-state index in [0.717, 1.165) is 24.2 Å². The Morgan fingerprint density at radius 1 is 1.03 bits per heavy atom. The first-order valence-corrected chi connectivity index (χ1v) is 11.8. The predicted octanol–water partition coefficient (Wildman–Crippen LogP) is 6.77. The minimum atomic E-state index is -0.0637. The molecule has 2 heterocycles. The molecule has 1 N–H and O–H groups in total. The zero-order valence-corrected chi connectivity index (χ0v) is 18.7. The number of anilines is 1. The number of aryl methyl sites for hydroxylation is 1. The summed E-state index contributed by atoms with van der Waals surface area (Å²) in [5, 5.41) is 3.79. The van der Waals surface area contributed by atoms with Crippen LogP contribution in [0.25, 0.3) is 0 Å². The van der Waals surface area contributed by atoms with Crippen molar-refractivity contribution in [2.45, 2.75) is 45.1 Å². The van der Waals surface area contributed by atoms with E-state index in [4.69, 9.17) is 11.6 Å². The zero-order chi connectivity index (χ0) is 20.7. The molecule has 30 heavy (non-hydrogen) atoms. The van der Waals surface area contributed by atoms with E-state index in [1.807, 2.05) is 47.4 Å². The molecular weight excluding hydrogens is 412 g/mol. The van der Waals surface area contributed by atoms with Crippen LogP contribution in [0.15, 0.2) is 48.5 Å². The number of nitrogens with zero attached hydrogens (tertiary/aromatic N) is 1. The van der Waals surface area contributed by atoms with E-state index in [1.165, 1.54) is 41.7 Å². The molecule has 0 radical (unpaired) electrons. The van der Waals surface area contributed by atoms with Gasteiger partial charge in [-0.15, -0.1) is 11.3 Å². The standard InChI is InChI=1S/C25H25ClN2OS/c1-16-20(26)11-7-12-21(16)27-25(29)28-15-14-19-18-10-5-6-13-22(18)30-24(19)23(28)17-8-3-2-4-9-17/h2-4,7-9,11-12,23H,5-6,10,13-15H2,1H3,(H,27,29)/t23-/m1/s1. The summed E-state index contributed by atoms with van der Waals surface area (Å²) in [7, 11) is 0. The molecule has 0 fully saturated rings. The summed E-state index contributed by atoms with van der Waals surface area (Å²) in [6.07, 6.45) is 5.87. The fraction of sp³-hybridized carbons (Fsp3) is 0.320. The van der Waals surface area contributed by atoms with Gasteiger partial charge in [0.25, 0.3) is 0 Å². The summed E-state index contributed by atoms with van der Waals surface area (Å²) < 4.78 is 0. The number of rotatable bonds is 2. The smallest absolute Gasteiger partial charge is 0.312 e. The number of benzene rings is 2. The van der Waals surface area contributed by atoms with Gasteiger partial charge in [-0.3, -0.25) is 0 Å². The van der Waals surface area contributed by atoms with Gasteiger partial charge in [0.2, 0.25) is 0 Å². The van der Waals surface area contributed by atoms with Crippen LogP contribution in [-0.2, 0) is 19.3 Å². The second kappa shape index (κ2) is 8.09. The molecule has 0 spiro atoms. The topological polar surface area (TPSA) is 32.3 Å². The van der Waals surface area contributed by atoms with Gasteiger partial charge >= 0.3 is 6.03 Å². The normalized spacial score (nSPS) is 17.9. The van der Waals surface area contributed by atoms with E-state index in [9.17, 15) is 4.79 Å². The Balaban J connectivity index is 1.54. The summed E-state index contributed by atoms with van der Waals surface area (Å²) in [6, 6.07) is 16.0. The Morgan fingerprint density at radius 3 is 2.67 bits per heavy atom. The van der Waals surface area contributed by atoms with Crippen LogP contribution in [0.1, 0.15) is 50.9 Å². The van der Waals surface area contributed by atoms with Gasteiger partial charge in [0.1, 0.15) is 0 Å². The third kappa shape index (κ3) is 3.42. The summed E-state index contributed by atoms with van der Waals surface area (Å²) in [4.78, 5) is 18.3. The zero-order valence-electron chi connectivity index (χ0n) is 17.1. The molecule has 0 saturated carbocycles.